The molecule has 16 heavy (non-hydrogen) atoms. The van der Waals surface area contributed by atoms with Crippen molar-refractivity contribution in [2.45, 2.75) is 12.5 Å². The molecule has 1 atom stereocenters. The minimum Gasteiger partial charge on any atom is -0.381 e. The Morgan fingerprint density at radius 2 is 2.38 bits per heavy atom. The molecule has 1 unspecified atom stereocenters. The third kappa shape index (κ3) is 3.07. The summed E-state index contributed by atoms with van der Waals surface area (Å²) in [5.41, 5.74) is 0.594. The average Bonchev–Trinajstić information content (AvgIpc) is 2.32. The molecule has 1 N–H and O–H groups in total. The molecule has 1 aromatic carbocycles. The van der Waals surface area contributed by atoms with Crippen molar-refractivity contribution in [3.63, 3.8) is 0 Å². The Bertz CT molecular complexity index is 356. The Labute approximate surface area is 98.5 Å². The molecule has 1 heterocycles. The quantitative estimate of drug-likeness (QED) is 0.888. The monoisotopic (exact) mass is 245 g/mol. The summed E-state index contributed by atoms with van der Waals surface area (Å²) in [6.45, 7) is 1.62. The van der Waals surface area contributed by atoms with E-state index in [1.54, 1.807) is 0 Å². The van der Waals surface area contributed by atoms with E-state index in [-0.39, 0.29) is 11.9 Å². The molecule has 0 bridgehead atoms. The molecule has 1 aliphatic rings. The first kappa shape index (κ1) is 11.6. The standard InChI is InChI=1S/C11H13ClFNO2/c12-10-2-1-8(13)5-11(10)14-6-9-3-4-15-7-16-9/h1-2,5,9,14H,3-4,6-7H2. The summed E-state index contributed by atoms with van der Waals surface area (Å²) in [6, 6.07) is 4.24. The van der Waals surface area contributed by atoms with Crippen LogP contribution >= 0.6 is 11.6 Å². The molecule has 0 aromatic heterocycles. The normalized spacial score (nSPS) is 20.8. The fourth-order valence-electron chi connectivity index (χ4n) is 1.52. The second kappa shape index (κ2) is 5.48. The van der Waals surface area contributed by atoms with Crippen LogP contribution in [0, 0.1) is 5.82 Å². The Hall–Kier alpha value is -0.840. The summed E-state index contributed by atoms with van der Waals surface area (Å²) >= 11 is 5.92. The zero-order chi connectivity index (χ0) is 11.4. The fourth-order valence-corrected chi connectivity index (χ4v) is 1.70. The molecular formula is C11H13ClFNO2. The number of hydrogen-bond donors (Lipinski definition) is 1. The lowest BCUT2D eigenvalue weighted by Crippen LogP contribution is -2.30. The molecule has 1 saturated heterocycles. The maximum atomic E-state index is 13.0. The molecule has 0 radical (unpaired) electrons. The first-order valence-electron chi connectivity index (χ1n) is 5.14. The molecule has 0 saturated carbocycles. The Morgan fingerprint density at radius 3 is 3.12 bits per heavy atom. The van der Waals surface area contributed by atoms with E-state index in [1.165, 1.54) is 18.2 Å². The van der Waals surface area contributed by atoms with E-state index >= 15 is 0 Å². The number of anilines is 1. The molecular weight excluding hydrogens is 233 g/mol. The van der Waals surface area contributed by atoms with Crippen molar-refractivity contribution in [2.75, 3.05) is 25.3 Å². The van der Waals surface area contributed by atoms with Gasteiger partial charge in [0.2, 0.25) is 0 Å². The van der Waals surface area contributed by atoms with Gasteiger partial charge in [-0.05, 0) is 24.6 Å². The van der Waals surface area contributed by atoms with Crippen LogP contribution in [0.15, 0.2) is 18.2 Å². The van der Waals surface area contributed by atoms with E-state index in [0.717, 1.165) is 6.42 Å². The van der Waals surface area contributed by atoms with Crippen molar-refractivity contribution in [1.82, 2.24) is 0 Å². The average molecular weight is 246 g/mol. The van der Waals surface area contributed by atoms with E-state index in [1.807, 2.05) is 0 Å². The van der Waals surface area contributed by atoms with Crippen molar-refractivity contribution in [1.29, 1.82) is 0 Å². The number of halogens is 2. The van der Waals surface area contributed by atoms with Crippen LogP contribution in [0.4, 0.5) is 10.1 Å². The van der Waals surface area contributed by atoms with Gasteiger partial charge in [0.05, 0.1) is 23.4 Å². The number of rotatable bonds is 3. The highest BCUT2D eigenvalue weighted by atomic mass is 35.5. The lowest BCUT2D eigenvalue weighted by molar-refractivity contribution is -0.133. The predicted molar refractivity (Wildman–Crippen MR) is 60.2 cm³/mol. The molecule has 1 aromatic rings. The van der Waals surface area contributed by atoms with Gasteiger partial charge in [-0.3, -0.25) is 0 Å². The van der Waals surface area contributed by atoms with Crippen molar-refractivity contribution in [3.05, 3.63) is 29.0 Å². The van der Waals surface area contributed by atoms with Crippen LogP contribution in [0.1, 0.15) is 6.42 Å². The van der Waals surface area contributed by atoms with Gasteiger partial charge < -0.3 is 14.8 Å². The van der Waals surface area contributed by atoms with E-state index in [0.29, 0.717) is 30.7 Å². The minimum absolute atomic E-state index is 0.0908. The largest absolute Gasteiger partial charge is 0.381 e. The summed E-state index contributed by atoms with van der Waals surface area (Å²) < 4.78 is 23.4. The Kier molecular flexibility index (Phi) is 3.98. The lowest BCUT2D eigenvalue weighted by atomic mass is 10.2. The van der Waals surface area contributed by atoms with Crippen LogP contribution in [0.2, 0.25) is 5.02 Å². The summed E-state index contributed by atoms with van der Waals surface area (Å²) in [5.74, 6) is -0.306. The highest BCUT2D eigenvalue weighted by molar-refractivity contribution is 6.33. The SMILES string of the molecule is Fc1ccc(Cl)c(NCC2CCOCO2)c1. The first-order valence-corrected chi connectivity index (χ1v) is 5.52. The Balaban J connectivity index is 1.90. The number of nitrogens with one attached hydrogen (secondary N) is 1. The van der Waals surface area contributed by atoms with Gasteiger partial charge in [0.1, 0.15) is 12.6 Å². The maximum Gasteiger partial charge on any atom is 0.147 e. The van der Waals surface area contributed by atoms with E-state index < -0.39 is 0 Å². The molecule has 88 valence electrons. The zero-order valence-electron chi connectivity index (χ0n) is 8.71. The maximum absolute atomic E-state index is 13.0. The van der Waals surface area contributed by atoms with Gasteiger partial charge in [0.25, 0.3) is 0 Å². The van der Waals surface area contributed by atoms with Crippen LogP contribution in [-0.2, 0) is 9.47 Å². The number of ether oxygens (including phenoxy) is 2. The second-order valence-corrected chi connectivity index (χ2v) is 4.02. The van der Waals surface area contributed by atoms with Crippen LogP contribution < -0.4 is 5.32 Å². The van der Waals surface area contributed by atoms with Crippen molar-refractivity contribution in [2.24, 2.45) is 0 Å². The highest BCUT2D eigenvalue weighted by Gasteiger charge is 2.14. The van der Waals surface area contributed by atoms with Crippen molar-refractivity contribution in [3.8, 4) is 0 Å². The first-order chi connectivity index (χ1) is 7.75. The zero-order valence-corrected chi connectivity index (χ0v) is 9.47. The van der Waals surface area contributed by atoms with Gasteiger partial charge in [-0.1, -0.05) is 11.6 Å². The smallest absolute Gasteiger partial charge is 0.147 e. The lowest BCUT2D eigenvalue weighted by Gasteiger charge is -2.23. The predicted octanol–water partition coefficient (Wildman–Crippen LogP) is 2.65. The summed E-state index contributed by atoms with van der Waals surface area (Å²) in [6.07, 6.45) is 0.924. The highest BCUT2D eigenvalue weighted by Crippen LogP contribution is 2.22. The Morgan fingerprint density at radius 1 is 1.50 bits per heavy atom. The number of benzene rings is 1. The molecule has 0 amide bonds. The number of hydrogen-bond acceptors (Lipinski definition) is 3. The molecule has 1 aliphatic heterocycles. The van der Waals surface area contributed by atoms with Gasteiger partial charge in [-0.15, -0.1) is 0 Å². The van der Waals surface area contributed by atoms with Gasteiger partial charge in [0.15, 0.2) is 0 Å². The van der Waals surface area contributed by atoms with Crippen LogP contribution in [0.3, 0.4) is 0 Å². The molecule has 2 rings (SSSR count). The molecule has 1 fully saturated rings. The fraction of sp³-hybridized carbons (Fsp3) is 0.455. The molecule has 0 spiro atoms. The molecule has 0 aliphatic carbocycles. The second-order valence-electron chi connectivity index (χ2n) is 3.61. The van der Waals surface area contributed by atoms with E-state index in [9.17, 15) is 4.39 Å². The van der Waals surface area contributed by atoms with Crippen molar-refractivity contribution < 1.29 is 13.9 Å². The van der Waals surface area contributed by atoms with E-state index in [4.69, 9.17) is 21.1 Å². The summed E-state index contributed by atoms with van der Waals surface area (Å²) in [5, 5.41) is 3.58. The third-order valence-corrected chi connectivity index (χ3v) is 2.75. The summed E-state index contributed by atoms with van der Waals surface area (Å²) in [4.78, 5) is 0. The summed E-state index contributed by atoms with van der Waals surface area (Å²) in [7, 11) is 0. The van der Waals surface area contributed by atoms with Gasteiger partial charge >= 0.3 is 0 Å². The van der Waals surface area contributed by atoms with E-state index in [2.05, 4.69) is 5.32 Å². The van der Waals surface area contributed by atoms with Gasteiger partial charge in [0, 0.05) is 6.54 Å². The van der Waals surface area contributed by atoms with Gasteiger partial charge in [-0.25, -0.2) is 4.39 Å². The van der Waals surface area contributed by atoms with Gasteiger partial charge in [-0.2, -0.15) is 0 Å². The topological polar surface area (TPSA) is 30.5 Å². The molecule has 5 heteroatoms. The third-order valence-electron chi connectivity index (χ3n) is 2.42. The van der Waals surface area contributed by atoms with Crippen molar-refractivity contribution >= 4 is 17.3 Å². The minimum atomic E-state index is -0.306. The van der Waals surface area contributed by atoms with Crippen LogP contribution in [0.25, 0.3) is 0 Å². The van der Waals surface area contributed by atoms with Crippen LogP contribution in [-0.4, -0.2) is 26.0 Å². The molecule has 3 nitrogen and oxygen atoms in total. The van der Waals surface area contributed by atoms with Crippen LogP contribution in [0.5, 0.6) is 0 Å².